The van der Waals surface area contributed by atoms with E-state index in [9.17, 15) is 0 Å². The molecule has 2 nitrogen and oxygen atoms in total. The largest absolute Gasteiger partial charge is 0.308 e. The summed E-state index contributed by atoms with van der Waals surface area (Å²) in [6.07, 6.45) is 7.99. The molecule has 1 aromatic rings. The zero-order valence-corrected chi connectivity index (χ0v) is 11.5. The van der Waals surface area contributed by atoms with Crippen LogP contribution in [-0.2, 0) is 13.0 Å². The summed E-state index contributed by atoms with van der Waals surface area (Å²) in [6, 6.07) is 4.85. The van der Waals surface area contributed by atoms with E-state index in [1.54, 1.807) is 0 Å². The van der Waals surface area contributed by atoms with Gasteiger partial charge in [-0.3, -0.25) is 4.98 Å². The van der Waals surface area contributed by atoms with Gasteiger partial charge in [-0.05, 0) is 30.9 Å². The van der Waals surface area contributed by atoms with Crippen molar-refractivity contribution in [2.24, 2.45) is 0 Å². The fourth-order valence-corrected chi connectivity index (χ4v) is 2.24. The molecular formula is C15H26N2. The molecule has 0 atom stereocenters. The molecule has 0 unspecified atom stereocenters. The van der Waals surface area contributed by atoms with Gasteiger partial charge in [0.25, 0.3) is 0 Å². The SMILES string of the molecule is CCCC(CCC)NCc1ncccc1CC. The Labute approximate surface area is 106 Å². The van der Waals surface area contributed by atoms with E-state index in [-0.39, 0.29) is 0 Å². The highest BCUT2D eigenvalue weighted by atomic mass is 14.9. The Bertz CT molecular complexity index is 304. The van der Waals surface area contributed by atoms with E-state index in [0.717, 1.165) is 13.0 Å². The Morgan fingerprint density at radius 1 is 1.18 bits per heavy atom. The molecular weight excluding hydrogens is 208 g/mol. The number of nitrogens with one attached hydrogen (secondary N) is 1. The van der Waals surface area contributed by atoms with Gasteiger partial charge < -0.3 is 5.32 Å². The Morgan fingerprint density at radius 2 is 1.88 bits per heavy atom. The van der Waals surface area contributed by atoms with Gasteiger partial charge in [-0.1, -0.05) is 39.7 Å². The molecule has 0 fully saturated rings. The minimum absolute atomic E-state index is 0.650. The lowest BCUT2D eigenvalue weighted by Gasteiger charge is -2.18. The van der Waals surface area contributed by atoms with E-state index in [1.165, 1.54) is 36.9 Å². The molecule has 0 aromatic carbocycles. The molecule has 2 heteroatoms. The molecule has 0 bridgehead atoms. The Balaban J connectivity index is 2.52. The van der Waals surface area contributed by atoms with Gasteiger partial charge in [0.05, 0.1) is 5.69 Å². The third kappa shape index (κ3) is 4.86. The maximum Gasteiger partial charge on any atom is 0.0573 e. The summed E-state index contributed by atoms with van der Waals surface area (Å²) in [4.78, 5) is 4.48. The second kappa shape index (κ2) is 8.24. The third-order valence-corrected chi connectivity index (χ3v) is 3.20. The molecule has 0 aliphatic rings. The maximum atomic E-state index is 4.48. The number of nitrogens with zero attached hydrogens (tertiary/aromatic N) is 1. The first-order chi connectivity index (χ1) is 8.31. The maximum absolute atomic E-state index is 4.48. The Kier molecular flexibility index (Phi) is 6.87. The van der Waals surface area contributed by atoms with Gasteiger partial charge in [-0.15, -0.1) is 0 Å². The smallest absolute Gasteiger partial charge is 0.0573 e. The summed E-state index contributed by atoms with van der Waals surface area (Å²) in [5, 5.41) is 3.65. The standard InChI is InChI=1S/C15H26N2/c1-4-8-14(9-5-2)17-12-15-13(6-3)10-7-11-16-15/h7,10-11,14,17H,4-6,8-9,12H2,1-3H3. The summed E-state index contributed by atoms with van der Waals surface area (Å²) in [6.45, 7) is 7.61. The number of hydrogen-bond acceptors (Lipinski definition) is 2. The van der Waals surface area contributed by atoms with Crippen molar-refractivity contribution < 1.29 is 0 Å². The second-order valence-electron chi connectivity index (χ2n) is 4.62. The molecule has 0 saturated carbocycles. The van der Waals surface area contributed by atoms with Crippen molar-refractivity contribution in [1.29, 1.82) is 0 Å². The van der Waals surface area contributed by atoms with Gasteiger partial charge in [0.2, 0.25) is 0 Å². The van der Waals surface area contributed by atoms with E-state index in [2.05, 4.69) is 37.1 Å². The van der Waals surface area contributed by atoms with Crippen LogP contribution in [0.3, 0.4) is 0 Å². The minimum atomic E-state index is 0.650. The summed E-state index contributed by atoms with van der Waals surface area (Å²) in [5.41, 5.74) is 2.58. The molecule has 0 spiro atoms. The molecule has 1 aromatic heterocycles. The Morgan fingerprint density at radius 3 is 2.47 bits per heavy atom. The molecule has 0 radical (unpaired) electrons. The third-order valence-electron chi connectivity index (χ3n) is 3.20. The van der Waals surface area contributed by atoms with Crippen LogP contribution in [0, 0.1) is 0 Å². The molecule has 0 saturated heterocycles. The molecule has 1 N–H and O–H groups in total. The van der Waals surface area contributed by atoms with Gasteiger partial charge in [-0.2, -0.15) is 0 Å². The first-order valence-electron chi connectivity index (χ1n) is 6.97. The van der Waals surface area contributed by atoms with Crippen LogP contribution in [0.4, 0.5) is 0 Å². The average Bonchev–Trinajstić information content (AvgIpc) is 2.37. The van der Waals surface area contributed by atoms with E-state index in [1.807, 2.05) is 12.3 Å². The van der Waals surface area contributed by atoms with Crippen molar-refractivity contribution in [3.8, 4) is 0 Å². The predicted octanol–water partition coefficient (Wildman–Crippen LogP) is 3.70. The number of aromatic nitrogens is 1. The highest BCUT2D eigenvalue weighted by molar-refractivity contribution is 5.19. The van der Waals surface area contributed by atoms with Gasteiger partial charge in [0, 0.05) is 18.8 Å². The number of rotatable bonds is 8. The van der Waals surface area contributed by atoms with E-state index >= 15 is 0 Å². The van der Waals surface area contributed by atoms with Crippen LogP contribution in [0.15, 0.2) is 18.3 Å². The lowest BCUT2D eigenvalue weighted by atomic mass is 10.1. The molecule has 0 amide bonds. The van der Waals surface area contributed by atoms with Gasteiger partial charge >= 0.3 is 0 Å². The minimum Gasteiger partial charge on any atom is -0.308 e. The van der Waals surface area contributed by atoms with E-state index < -0.39 is 0 Å². The molecule has 96 valence electrons. The van der Waals surface area contributed by atoms with E-state index in [4.69, 9.17) is 0 Å². The fraction of sp³-hybridized carbons (Fsp3) is 0.667. The quantitative estimate of drug-likeness (QED) is 0.742. The highest BCUT2D eigenvalue weighted by Crippen LogP contribution is 2.09. The van der Waals surface area contributed by atoms with Crippen LogP contribution in [0.25, 0.3) is 0 Å². The lowest BCUT2D eigenvalue weighted by molar-refractivity contribution is 0.440. The van der Waals surface area contributed by atoms with Crippen LogP contribution in [0.5, 0.6) is 0 Å². The molecule has 17 heavy (non-hydrogen) atoms. The fourth-order valence-electron chi connectivity index (χ4n) is 2.24. The first kappa shape index (κ1) is 14.2. The van der Waals surface area contributed by atoms with Crippen molar-refractivity contribution in [2.45, 2.75) is 65.5 Å². The normalized spacial score (nSPS) is 11.1. The summed E-state index contributed by atoms with van der Waals surface area (Å²) < 4.78 is 0. The van der Waals surface area contributed by atoms with Gasteiger partial charge in [0.15, 0.2) is 0 Å². The van der Waals surface area contributed by atoms with Crippen molar-refractivity contribution in [3.05, 3.63) is 29.6 Å². The molecule has 1 heterocycles. The van der Waals surface area contributed by atoms with Gasteiger partial charge in [0.1, 0.15) is 0 Å². The van der Waals surface area contributed by atoms with Crippen LogP contribution in [-0.4, -0.2) is 11.0 Å². The second-order valence-corrected chi connectivity index (χ2v) is 4.62. The molecule has 0 aliphatic heterocycles. The first-order valence-corrected chi connectivity index (χ1v) is 6.97. The highest BCUT2D eigenvalue weighted by Gasteiger charge is 2.07. The summed E-state index contributed by atoms with van der Waals surface area (Å²) in [7, 11) is 0. The zero-order valence-electron chi connectivity index (χ0n) is 11.5. The number of aryl methyl sites for hydroxylation is 1. The van der Waals surface area contributed by atoms with Crippen molar-refractivity contribution >= 4 is 0 Å². The predicted molar refractivity (Wildman–Crippen MR) is 74.1 cm³/mol. The van der Waals surface area contributed by atoms with Gasteiger partial charge in [-0.25, -0.2) is 0 Å². The van der Waals surface area contributed by atoms with Crippen LogP contribution >= 0.6 is 0 Å². The van der Waals surface area contributed by atoms with Crippen molar-refractivity contribution in [1.82, 2.24) is 10.3 Å². The number of pyridine rings is 1. The van der Waals surface area contributed by atoms with Crippen LogP contribution in [0.1, 0.15) is 57.7 Å². The van der Waals surface area contributed by atoms with E-state index in [0.29, 0.717) is 6.04 Å². The monoisotopic (exact) mass is 234 g/mol. The van der Waals surface area contributed by atoms with Crippen molar-refractivity contribution in [3.63, 3.8) is 0 Å². The Hall–Kier alpha value is -0.890. The molecule has 1 rings (SSSR count). The zero-order chi connectivity index (χ0) is 12.5. The lowest BCUT2D eigenvalue weighted by Crippen LogP contribution is -2.29. The summed E-state index contributed by atoms with van der Waals surface area (Å²) in [5.74, 6) is 0. The average molecular weight is 234 g/mol. The topological polar surface area (TPSA) is 24.9 Å². The molecule has 0 aliphatic carbocycles. The van der Waals surface area contributed by atoms with Crippen LogP contribution in [0.2, 0.25) is 0 Å². The summed E-state index contributed by atoms with van der Waals surface area (Å²) >= 11 is 0. The number of hydrogen-bond donors (Lipinski definition) is 1. The van der Waals surface area contributed by atoms with Crippen molar-refractivity contribution in [2.75, 3.05) is 0 Å². The van der Waals surface area contributed by atoms with Crippen LogP contribution < -0.4 is 5.32 Å².